The van der Waals surface area contributed by atoms with Crippen LogP contribution in [-0.4, -0.2) is 35.8 Å². The van der Waals surface area contributed by atoms with E-state index in [1.165, 1.54) is 0 Å². The summed E-state index contributed by atoms with van der Waals surface area (Å²) in [6.45, 7) is 7.99. The molecule has 0 unspecified atom stereocenters. The van der Waals surface area contributed by atoms with E-state index in [-0.39, 0.29) is 6.61 Å². The van der Waals surface area contributed by atoms with Crippen molar-refractivity contribution in [3.63, 3.8) is 0 Å². The molecular weight excluding hydrogens is 290 g/mol. The fourth-order valence-corrected chi connectivity index (χ4v) is 0.545. The van der Waals surface area contributed by atoms with Crippen LogP contribution in [0.2, 0.25) is 0 Å². The lowest BCUT2D eigenvalue weighted by Gasteiger charge is -2.02. The molecule has 0 saturated heterocycles. The Bertz CT molecular complexity index is 421. The number of carboxylic acid groups (broad SMARTS) is 1. The lowest BCUT2D eigenvalue weighted by Crippen LogP contribution is -2.27. The van der Waals surface area contributed by atoms with Crippen molar-refractivity contribution in [2.45, 2.75) is 6.92 Å². The summed E-state index contributed by atoms with van der Waals surface area (Å²) in [4.78, 5) is 48.6. The monoisotopic (exact) mass is 305 g/mol. The third-order valence-corrected chi connectivity index (χ3v) is 1.29. The summed E-state index contributed by atoms with van der Waals surface area (Å²) in [6, 6.07) is 0. The summed E-state index contributed by atoms with van der Waals surface area (Å²) in [7, 11) is 0. The molecule has 0 fully saturated rings. The molecule has 11 heteroatoms. The third-order valence-electron chi connectivity index (χ3n) is 1.29. The molecule has 0 aromatic carbocycles. The highest BCUT2D eigenvalue weighted by Crippen LogP contribution is 1.84. The van der Waals surface area contributed by atoms with Crippen molar-refractivity contribution in [3.8, 4) is 0 Å². The van der Waals surface area contributed by atoms with Crippen molar-refractivity contribution < 1.29 is 38.7 Å². The summed E-state index contributed by atoms with van der Waals surface area (Å²) in [6.07, 6.45) is -1.27. The smallest absolute Gasteiger partial charge is 0.440 e. The number of carbonyl (C=O) groups excluding carboxylic acids is 3. The Morgan fingerprint density at radius 3 is 2.29 bits per heavy atom. The Balaban J connectivity index is 0. The number of hydroxylamine groups is 1. The molecule has 11 nitrogen and oxygen atoms in total. The number of amides is 2. The van der Waals surface area contributed by atoms with Gasteiger partial charge in [0.15, 0.2) is 0 Å². The van der Waals surface area contributed by atoms with Crippen molar-refractivity contribution in [2.24, 2.45) is 5.90 Å². The molecule has 0 aliphatic heterocycles. The summed E-state index contributed by atoms with van der Waals surface area (Å²) in [5.74, 6) is 2.66. The van der Waals surface area contributed by atoms with Crippen LogP contribution < -0.4 is 16.7 Å². The number of carbonyl (C=O) groups is 4. The highest BCUT2D eigenvalue weighted by molar-refractivity contribution is 5.90. The van der Waals surface area contributed by atoms with E-state index in [1.807, 2.05) is 0 Å². The zero-order valence-corrected chi connectivity index (χ0v) is 11.1. The first-order valence-corrected chi connectivity index (χ1v) is 5.14. The average molecular weight is 305 g/mol. The zero-order valence-electron chi connectivity index (χ0n) is 11.1. The summed E-state index contributed by atoms with van der Waals surface area (Å²) in [5, 5.41) is 9.67. The van der Waals surface area contributed by atoms with Gasteiger partial charge in [0, 0.05) is 6.08 Å². The molecule has 118 valence electrons. The maximum Gasteiger partial charge on any atom is 0.440 e. The van der Waals surface area contributed by atoms with Crippen molar-refractivity contribution >= 4 is 24.1 Å². The number of nitrogens with two attached hydrogens (primary N) is 1. The highest BCUT2D eigenvalue weighted by atomic mass is 16.7. The zero-order chi connectivity index (χ0) is 16.8. The molecule has 0 aliphatic carbocycles. The number of hydrogen-bond acceptors (Lipinski definition) is 8. The van der Waals surface area contributed by atoms with Crippen molar-refractivity contribution in [2.75, 3.05) is 6.61 Å². The summed E-state index contributed by atoms with van der Waals surface area (Å²) >= 11 is 0. The largest absolute Gasteiger partial charge is 0.465 e. The van der Waals surface area contributed by atoms with Crippen LogP contribution in [0.25, 0.3) is 0 Å². The molecule has 0 saturated carbocycles. The number of hydrogen-bond donors (Lipinski definition) is 4. The SMILES string of the molecule is C=C(NC(=O)O)C(=O)ON.C=CC(=O)ONC(=O)OCC. The first-order chi connectivity index (χ1) is 9.78. The van der Waals surface area contributed by atoms with Crippen LogP contribution in [-0.2, 0) is 24.0 Å². The minimum absolute atomic E-state index is 0.220. The molecule has 0 aromatic rings. The van der Waals surface area contributed by atoms with Crippen molar-refractivity contribution in [1.82, 2.24) is 10.8 Å². The topological polar surface area (TPSA) is 166 Å². The van der Waals surface area contributed by atoms with Gasteiger partial charge in [-0.15, -0.1) is 5.48 Å². The minimum atomic E-state index is -1.39. The van der Waals surface area contributed by atoms with E-state index in [9.17, 15) is 19.2 Å². The lowest BCUT2D eigenvalue weighted by molar-refractivity contribution is -0.143. The normalized spacial score (nSPS) is 8.10. The summed E-state index contributed by atoms with van der Waals surface area (Å²) < 4.78 is 4.38. The van der Waals surface area contributed by atoms with Crippen LogP contribution in [0.1, 0.15) is 6.92 Å². The molecule has 0 heterocycles. The quantitative estimate of drug-likeness (QED) is 0.397. The first kappa shape index (κ1) is 20.2. The van der Waals surface area contributed by atoms with Crippen LogP contribution in [0.3, 0.4) is 0 Å². The van der Waals surface area contributed by atoms with Crippen LogP contribution in [0.4, 0.5) is 9.59 Å². The Morgan fingerprint density at radius 1 is 1.33 bits per heavy atom. The molecule has 0 atom stereocenters. The Kier molecular flexibility index (Phi) is 11.5. The van der Waals surface area contributed by atoms with E-state index in [2.05, 4.69) is 33.5 Å². The second kappa shape index (κ2) is 12.0. The van der Waals surface area contributed by atoms with Gasteiger partial charge >= 0.3 is 24.1 Å². The molecular formula is C10H15N3O8. The maximum absolute atomic E-state index is 10.4. The highest BCUT2D eigenvalue weighted by Gasteiger charge is 2.08. The molecule has 21 heavy (non-hydrogen) atoms. The molecule has 0 aromatic heterocycles. The number of rotatable bonds is 4. The third kappa shape index (κ3) is 13.2. The van der Waals surface area contributed by atoms with Gasteiger partial charge in [0.05, 0.1) is 6.61 Å². The standard InChI is InChI=1S/C6H9NO4.C4H6N2O4/c1-3-5(8)11-7-6(9)10-4-2;1-2(3(7)10-5)6-4(8)9/h3H,1,4H2,2H3,(H,7,9);6H,1,5H2,(H,8,9). The van der Waals surface area contributed by atoms with E-state index < -0.39 is 29.8 Å². The number of ether oxygens (including phenoxy) is 1. The van der Waals surface area contributed by atoms with Gasteiger partial charge in [0.25, 0.3) is 0 Å². The molecule has 5 N–H and O–H groups in total. The Labute approximate surface area is 119 Å². The minimum Gasteiger partial charge on any atom is -0.465 e. The van der Waals surface area contributed by atoms with Gasteiger partial charge in [-0.1, -0.05) is 13.2 Å². The van der Waals surface area contributed by atoms with Gasteiger partial charge in [-0.25, -0.2) is 19.2 Å². The molecule has 0 radical (unpaired) electrons. The van der Waals surface area contributed by atoms with Crippen LogP contribution in [0.5, 0.6) is 0 Å². The fraction of sp³-hybridized carbons (Fsp3) is 0.200. The van der Waals surface area contributed by atoms with Gasteiger partial charge in [0.2, 0.25) is 0 Å². The maximum atomic E-state index is 10.4. The Morgan fingerprint density at radius 2 is 1.90 bits per heavy atom. The second-order valence-electron chi connectivity index (χ2n) is 2.76. The summed E-state index contributed by atoms with van der Waals surface area (Å²) in [5.41, 5.74) is 1.33. The van der Waals surface area contributed by atoms with Gasteiger partial charge in [-0.05, 0) is 6.92 Å². The fourth-order valence-electron chi connectivity index (χ4n) is 0.545. The van der Waals surface area contributed by atoms with Crippen LogP contribution >= 0.6 is 0 Å². The Hall–Kier alpha value is -3.08. The predicted octanol–water partition coefficient (Wildman–Crippen LogP) is -0.439. The van der Waals surface area contributed by atoms with Crippen molar-refractivity contribution in [1.29, 1.82) is 0 Å². The van der Waals surface area contributed by atoms with Gasteiger partial charge in [-0.3, -0.25) is 5.32 Å². The predicted molar refractivity (Wildman–Crippen MR) is 67.0 cm³/mol. The molecule has 2 amide bonds. The molecule has 0 spiro atoms. The van der Waals surface area contributed by atoms with E-state index >= 15 is 0 Å². The number of nitrogens with one attached hydrogen (secondary N) is 2. The van der Waals surface area contributed by atoms with E-state index in [0.717, 1.165) is 6.08 Å². The molecule has 0 rings (SSSR count). The van der Waals surface area contributed by atoms with Crippen LogP contribution in [0.15, 0.2) is 24.9 Å². The average Bonchev–Trinajstić information content (AvgIpc) is 2.44. The lowest BCUT2D eigenvalue weighted by atomic mass is 10.5. The van der Waals surface area contributed by atoms with Gasteiger partial charge in [0.1, 0.15) is 5.70 Å². The van der Waals surface area contributed by atoms with Crippen LogP contribution in [0, 0.1) is 0 Å². The van der Waals surface area contributed by atoms with Gasteiger partial charge < -0.3 is 19.5 Å². The molecule has 0 bridgehead atoms. The first-order valence-electron chi connectivity index (χ1n) is 5.14. The van der Waals surface area contributed by atoms with E-state index in [0.29, 0.717) is 0 Å². The second-order valence-corrected chi connectivity index (χ2v) is 2.76. The van der Waals surface area contributed by atoms with Crippen molar-refractivity contribution in [3.05, 3.63) is 24.9 Å². The van der Waals surface area contributed by atoms with E-state index in [4.69, 9.17) is 5.11 Å². The van der Waals surface area contributed by atoms with Gasteiger partial charge in [-0.2, -0.15) is 5.90 Å². The molecule has 0 aliphatic rings. The van der Waals surface area contributed by atoms with E-state index in [1.54, 1.807) is 17.7 Å².